The lowest BCUT2D eigenvalue weighted by Crippen LogP contribution is -2.38. The molecule has 4 rings (SSSR count). The van der Waals surface area contributed by atoms with E-state index in [1.165, 1.54) is 0 Å². The van der Waals surface area contributed by atoms with E-state index in [1.807, 2.05) is 35.7 Å². The van der Waals surface area contributed by atoms with E-state index in [4.69, 9.17) is 0 Å². The summed E-state index contributed by atoms with van der Waals surface area (Å²) in [4.78, 5) is 16.2. The molecule has 0 N–H and O–H groups in total. The normalized spacial score (nSPS) is 16.7. The summed E-state index contributed by atoms with van der Waals surface area (Å²) in [6.45, 7) is 1.38. The zero-order chi connectivity index (χ0) is 22.2. The minimum absolute atomic E-state index is 0.0113. The molecule has 1 aromatic heterocycles. The maximum Gasteiger partial charge on any atom is 0.418 e. The topological polar surface area (TPSA) is 28.5 Å². The Morgan fingerprint density at radius 3 is 2.61 bits per heavy atom. The molecule has 1 amide bonds. The number of benzene rings is 1. The summed E-state index contributed by atoms with van der Waals surface area (Å²) in [5.41, 5.74) is 2.30. The van der Waals surface area contributed by atoms with Crippen LogP contribution < -0.4 is 0 Å². The first-order valence-electron chi connectivity index (χ1n) is 10.7. The summed E-state index contributed by atoms with van der Waals surface area (Å²) in [7, 11) is 3.67. The zero-order valence-corrected chi connectivity index (χ0v) is 18.0. The molecule has 4 nitrogen and oxygen atoms in total. The van der Waals surface area contributed by atoms with Gasteiger partial charge in [0.15, 0.2) is 0 Å². The maximum absolute atomic E-state index is 14.2. The van der Waals surface area contributed by atoms with Crippen molar-refractivity contribution in [2.24, 2.45) is 0 Å². The van der Waals surface area contributed by atoms with Crippen LogP contribution in [0.3, 0.4) is 0 Å². The van der Waals surface area contributed by atoms with Crippen LogP contribution in [0.2, 0.25) is 0 Å². The summed E-state index contributed by atoms with van der Waals surface area (Å²) >= 11 is 0. The summed E-state index contributed by atoms with van der Waals surface area (Å²) < 4.78 is 44.4. The molecule has 0 spiro atoms. The number of amides is 1. The standard InChI is InChI=1S/C24H28F3N3O/c1-28(2)16-21(31)29-13-14-30-20(12-11-17-7-4-3-5-8-17)22(24(25,26)27)19-10-6-9-18(15-29)23(19)30/h4,6-10H,3,5,11-16H2,1-2H3. The molecule has 1 aromatic carbocycles. The van der Waals surface area contributed by atoms with E-state index in [9.17, 15) is 18.0 Å². The van der Waals surface area contributed by atoms with Gasteiger partial charge < -0.3 is 14.4 Å². The molecule has 0 bridgehead atoms. The lowest BCUT2D eigenvalue weighted by Gasteiger charge is -2.23. The quantitative estimate of drug-likeness (QED) is 0.682. The zero-order valence-electron chi connectivity index (χ0n) is 18.0. The fourth-order valence-corrected chi connectivity index (χ4v) is 4.69. The Morgan fingerprint density at radius 2 is 1.94 bits per heavy atom. The molecule has 0 saturated heterocycles. The van der Waals surface area contributed by atoms with Gasteiger partial charge in [-0.15, -0.1) is 0 Å². The Hall–Kier alpha value is -2.54. The van der Waals surface area contributed by atoms with Crippen molar-refractivity contribution in [2.75, 3.05) is 27.2 Å². The van der Waals surface area contributed by atoms with Crippen LogP contribution in [-0.2, 0) is 30.5 Å². The Kier molecular flexibility index (Phi) is 5.97. The number of hydrogen-bond donors (Lipinski definition) is 0. The van der Waals surface area contributed by atoms with Gasteiger partial charge in [-0.2, -0.15) is 13.2 Å². The molecule has 166 valence electrons. The lowest BCUT2D eigenvalue weighted by atomic mass is 9.99. The van der Waals surface area contributed by atoms with E-state index < -0.39 is 11.7 Å². The summed E-state index contributed by atoms with van der Waals surface area (Å²) in [5, 5.41) is 0.245. The number of allylic oxidation sites excluding steroid dienone is 4. The van der Waals surface area contributed by atoms with E-state index in [-0.39, 0.29) is 17.8 Å². The van der Waals surface area contributed by atoms with Gasteiger partial charge in [0.2, 0.25) is 5.91 Å². The van der Waals surface area contributed by atoms with E-state index in [1.54, 1.807) is 17.0 Å². The second kappa shape index (κ2) is 8.54. The molecule has 2 aromatic rings. The third-order valence-electron chi connectivity index (χ3n) is 6.04. The van der Waals surface area contributed by atoms with Gasteiger partial charge in [-0.1, -0.05) is 42.0 Å². The number of alkyl halides is 3. The fraction of sp³-hybridized carbons (Fsp3) is 0.458. The maximum atomic E-state index is 14.2. The molecule has 0 atom stereocenters. The van der Waals surface area contributed by atoms with Crippen molar-refractivity contribution in [1.82, 2.24) is 14.4 Å². The summed E-state index contributed by atoms with van der Waals surface area (Å²) in [5.74, 6) is -0.0113. The third kappa shape index (κ3) is 4.42. The van der Waals surface area contributed by atoms with Crippen molar-refractivity contribution < 1.29 is 18.0 Å². The first-order chi connectivity index (χ1) is 14.8. The predicted molar refractivity (Wildman–Crippen MR) is 116 cm³/mol. The molecule has 1 aliphatic carbocycles. The molecule has 7 heteroatoms. The van der Waals surface area contributed by atoms with Crippen LogP contribution in [0.1, 0.15) is 36.1 Å². The van der Waals surface area contributed by atoms with Crippen LogP contribution in [0.25, 0.3) is 10.9 Å². The molecule has 2 aliphatic rings. The Labute approximate surface area is 180 Å². The first kappa shape index (κ1) is 21.7. The van der Waals surface area contributed by atoms with Crippen molar-refractivity contribution >= 4 is 16.8 Å². The summed E-state index contributed by atoms with van der Waals surface area (Å²) in [6, 6.07) is 5.09. The van der Waals surface area contributed by atoms with Crippen LogP contribution in [0.5, 0.6) is 0 Å². The average Bonchev–Trinajstić information content (AvgIpc) is 2.90. The van der Waals surface area contributed by atoms with Crippen molar-refractivity contribution in [3.63, 3.8) is 0 Å². The fourth-order valence-electron chi connectivity index (χ4n) is 4.69. The largest absolute Gasteiger partial charge is 0.418 e. The van der Waals surface area contributed by atoms with Gasteiger partial charge in [0.1, 0.15) is 0 Å². The second-order valence-corrected chi connectivity index (χ2v) is 8.60. The van der Waals surface area contributed by atoms with Gasteiger partial charge in [0.05, 0.1) is 17.6 Å². The average molecular weight is 432 g/mol. The molecule has 0 unspecified atom stereocenters. The van der Waals surface area contributed by atoms with Gasteiger partial charge >= 0.3 is 6.18 Å². The second-order valence-electron chi connectivity index (χ2n) is 8.60. The van der Waals surface area contributed by atoms with Crippen molar-refractivity contribution in [3.8, 4) is 0 Å². The van der Waals surface area contributed by atoms with Crippen molar-refractivity contribution in [1.29, 1.82) is 0 Å². The highest BCUT2D eigenvalue weighted by atomic mass is 19.4. The number of rotatable bonds is 5. The number of halogens is 3. The molecular weight excluding hydrogens is 403 g/mol. The molecule has 1 aliphatic heterocycles. The van der Waals surface area contributed by atoms with E-state index in [2.05, 4.69) is 12.2 Å². The molecule has 0 saturated carbocycles. The molecule has 0 fully saturated rings. The first-order valence-corrected chi connectivity index (χ1v) is 10.7. The number of para-hydroxylation sites is 1. The van der Waals surface area contributed by atoms with E-state index >= 15 is 0 Å². The van der Waals surface area contributed by atoms with Crippen LogP contribution in [0, 0.1) is 0 Å². The highest BCUT2D eigenvalue weighted by molar-refractivity contribution is 5.90. The number of likely N-dealkylation sites (N-methyl/N-ethyl adjacent to an activating group) is 1. The predicted octanol–water partition coefficient (Wildman–Crippen LogP) is 4.77. The van der Waals surface area contributed by atoms with Crippen LogP contribution in [0.15, 0.2) is 42.0 Å². The van der Waals surface area contributed by atoms with Gasteiger partial charge in [-0.25, -0.2) is 0 Å². The van der Waals surface area contributed by atoms with Gasteiger partial charge in [0, 0.05) is 30.7 Å². The van der Waals surface area contributed by atoms with E-state index in [0.717, 1.165) is 24.0 Å². The number of aromatic nitrogens is 1. The molecule has 0 radical (unpaired) electrons. The highest BCUT2D eigenvalue weighted by Gasteiger charge is 2.39. The molecular formula is C24H28F3N3O. The van der Waals surface area contributed by atoms with E-state index in [0.29, 0.717) is 43.7 Å². The number of hydrogen-bond acceptors (Lipinski definition) is 2. The van der Waals surface area contributed by atoms with Crippen molar-refractivity contribution in [3.05, 3.63) is 58.8 Å². The summed E-state index contributed by atoms with van der Waals surface area (Å²) in [6.07, 6.45) is 4.62. The Morgan fingerprint density at radius 1 is 1.13 bits per heavy atom. The smallest absolute Gasteiger partial charge is 0.342 e. The van der Waals surface area contributed by atoms with Crippen LogP contribution >= 0.6 is 0 Å². The van der Waals surface area contributed by atoms with Gasteiger partial charge in [-0.05, 0) is 45.3 Å². The van der Waals surface area contributed by atoms with Gasteiger partial charge in [-0.3, -0.25) is 4.79 Å². The van der Waals surface area contributed by atoms with Gasteiger partial charge in [0.25, 0.3) is 0 Å². The molecule has 2 heterocycles. The lowest BCUT2D eigenvalue weighted by molar-refractivity contribution is -0.137. The highest BCUT2D eigenvalue weighted by Crippen LogP contribution is 2.42. The monoisotopic (exact) mass is 431 g/mol. The van der Waals surface area contributed by atoms with Crippen molar-refractivity contribution in [2.45, 2.75) is 44.9 Å². The Balaban J connectivity index is 1.76. The number of nitrogens with zero attached hydrogens (tertiary/aromatic N) is 3. The number of carbonyl (C=O) groups excluding carboxylic acids is 1. The van der Waals surface area contributed by atoms with Crippen LogP contribution in [0.4, 0.5) is 13.2 Å². The molecule has 31 heavy (non-hydrogen) atoms. The Bertz CT molecular complexity index is 1050. The minimum atomic E-state index is -4.42. The minimum Gasteiger partial charge on any atom is -0.342 e. The SMILES string of the molecule is CN(C)CC(=O)N1CCn2c(CCC3=CCCC=C3)c(C(F)(F)F)c3cccc(c32)C1. The third-order valence-corrected chi connectivity index (χ3v) is 6.04. The number of carbonyl (C=O) groups is 1. The van der Waals surface area contributed by atoms with Crippen LogP contribution in [-0.4, -0.2) is 47.5 Å².